The second-order valence-electron chi connectivity index (χ2n) is 9.24. The number of hydrogen-bond acceptors (Lipinski definition) is 8. The topological polar surface area (TPSA) is 166 Å². The molecule has 1 rings (SSSR count). The number of carboxylic acids is 1. The molecule has 10 nitrogen and oxygen atoms in total. The first-order valence-electron chi connectivity index (χ1n) is 12.6. The normalized spacial score (nSPS) is 26.7. The number of nitrogens with one attached hydrogen (secondary N) is 1. The number of aliphatic carboxylic acids is 1. The van der Waals surface area contributed by atoms with Gasteiger partial charge < -0.3 is 40.3 Å². The van der Waals surface area contributed by atoms with E-state index in [0.717, 1.165) is 26.4 Å². The molecule has 0 spiro atoms. The molecule has 1 saturated heterocycles. The second-order valence-corrected chi connectivity index (χ2v) is 9.24. The van der Waals surface area contributed by atoms with Gasteiger partial charge in [-0.05, 0) is 6.42 Å². The predicted octanol–water partition coefficient (Wildman–Crippen LogP) is 1.46. The van der Waals surface area contributed by atoms with Gasteiger partial charge in [0.2, 0.25) is 5.91 Å². The first-order valence-corrected chi connectivity index (χ1v) is 12.6. The minimum Gasteiger partial charge on any atom is -0.477 e. The molecule has 0 aromatic heterocycles. The molecule has 34 heavy (non-hydrogen) atoms. The number of rotatable bonds is 18. The van der Waals surface area contributed by atoms with Gasteiger partial charge in [-0.25, -0.2) is 4.79 Å². The van der Waals surface area contributed by atoms with Gasteiger partial charge in [0.05, 0.1) is 18.8 Å². The fourth-order valence-electron chi connectivity index (χ4n) is 4.31. The van der Waals surface area contributed by atoms with Gasteiger partial charge in [0.25, 0.3) is 5.79 Å². The number of aliphatic hydroxyl groups is 4. The van der Waals surface area contributed by atoms with Crippen LogP contribution in [0.4, 0.5) is 0 Å². The summed E-state index contributed by atoms with van der Waals surface area (Å²) in [6.45, 7) is 1.39. The quantitative estimate of drug-likeness (QED) is 0.156. The van der Waals surface area contributed by atoms with E-state index in [1.807, 2.05) is 0 Å². The van der Waals surface area contributed by atoms with Gasteiger partial charge in [-0.1, -0.05) is 71.1 Å². The van der Waals surface area contributed by atoms with Gasteiger partial charge in [-0.3, -0.25) is 4.79 Å². The highest BCUT2D eigenvalue weighted by Crippen LogP contribution is 2.33. The molecule has 0 saturated carbocycles. The van der Waals surface area contributed by atoms with Crippen LogP contribution in [0.3, 0.4) is 0 Å². The van der Waals surface area contributed by atoms with Crippen molar-refractivity contribution in [1.29, 1.82) is 0 Å². The van der Waals surface area contributed by atoms with Crippen LogP contribution in [0.25, 0.3) is 0 Å². The van der Waals surface area contributed by atoms with Crippen LogP contribution in [0.2, 0.25) is 0 Å². The molecule has 10 heteroatoms. The maximum Gasteiger partial charge on any atom is 0.364 e. The summed E-state index contributed by atoms with van der Waals surface area (Å²) in [5, 5.41) is 52.1. The smallest absolute Gasteiger partial charge is 0.364 e. The Kier molecular flexibility index (Phi) is 14.8. The Bertz CT molecular complexity index is 591. The monoisotopic (exact) mass is 491 g/mol. The second kappa shape index (κ2) is 16.4. The molecular formula is C24H45NO9. The lowest BCUT2D eigenvalue weighted by Gasteiger charge is -2.46. The van der Waals surface area contributed by atoms with E-state index in [0.29, 0.717) is 6.42 Å². The van der Waals surface area contributed by atoms with Crippen molar-refractivity contribution >= 4 is 11.9 Å². The zero-order chi connectivity index (χ0) is 25.6. The van der Waals surface area contributed by atoms with Crippen molar-refractivity contribution in [2.45, 2.75) is 127 Å². The lowest BCUT2D eigenvalue weighted by molar-refractivity contribution is -0.303. The van der Waals surface area contributed by atoms with Crippen molar-refractivity contribution in [1.82, 2.24) is 5.32 Å². The number of hydrogen-bond donors (Lipinski definition) is 6. The van der Waals surface area contributed by atoms with Crippen LogP contribution in [-0.2, 0) is 19.1 Å². The van der Waals surface area contributed by atoms with Crippen molar-refractivity contribution in [2.75, 3.05) is 13.7 Å². The molecular weight excluding hydrogens is 446 g/mol. The number of carboxylic acid groups (broad SMARTS) is 1. The number of ether oxygens (including phenoxy) is 2. The summed E-state index contributed by atoms with van der Waals surface area (Å²) in [6, 6.07) is -1.18. The van der Waals surface area contributed by atoms with Crippen molar-refractivity contribution in [2.24, 2.45) is 0 Å². The summed E-state index contributed by atoms with van der Waals surface area (Å²) in [5.74, 6) is -4.15. The molecule has 6 atom stereocenters. The summed E-state index contributed by atoms with van der Waals surface area (Å²) in [5.41, 5.74) is 0. The van der Waals surface area contributed by atoms with E-state index in [2.05, 4.69) is 12.2 Å². The molecule has 4 unspecified atom stereocenters. The molecule has 1 heterocycles. The molecule has 6 N–H and O–H groups in total. The standard InChI is InChI=1S/C24H45NO9/c1-3-4-5-6-7-8-9-10-11-12-13-14-19(29)25-20-17(27)15-24(33-2,23(31)32)34-22(20)21(30)18(28)16-26/h17-18,20-22,26-28,30H,3-16H2,1-2H3,(H,25,29)(H,31,32)/t17?,18-,20?,21-,22?,24?/m1/s1. The highest BCUT2D eigenvalue weighted by atomic mass is 16.7. The average molecular weight is 492 g/mol. The first kappa shape index (κ1) is 30.7. The Morgan fingerprint density at radius 1 is 1.03 bits per heavy atom. The Morgan fingerprint density at radius 2 is 1.56 bits per heavy atom. The lowest BCUT2D eigenvalue weighted by atomic mass is 9.88. The third-order valence-electron chi connectivity index (χ3n) is 6.48. The van der Waals surface area contributed by atoms with Gasteiger partial charge >= 0.3 is 5.97 Å². The minimum absolute atomic E-state index is 0.208. The van der Waals surface area contributed by atoms with Crippen LogP contribution in [0, 0.1) is 0 Å². The van der Waals surface area contributed by atoms with Crippen molar-refractivity contribution in [3.63, 3.8) is 0 Å². The Labute approximate surface area is 202 Å². The summed E-state index contributed by atoms with van der Waals surface area (Å²) in [4.78, 5) is 24.1. The van der Waals surface area contributed by atoms with Crippen LogP contribution in [-0.4, -0.2) is 87.4 Å². The number of carbonyl (C=O) groups excluding carboxylic acids is 1. The molecule has 0 aromatic carbocycles. The summed E-state index contributed by atoms with van der Waals surface area (Å²) in [7, 11) is 1.08. The van der Waals surface area contributed by atoms with Crippen LogP contribution < -0.4 is 5.32 Å². The third-order valence-corrected chi connectivity index (χ3v) is 6.48. The van der Waals surface area contributed by atoms with E-state index < -0.39 is 55.2 Å². The highest BCUT2D eigenvalue weighted by Gasteiger charge is 2.55. The summed E-state index contributed by atoms with van der Waals surface area (Å²) in [6.07, 6.45) is 5.98. The molecule has 1 aliphatic rings. The number of methoxy groups -OCH3 is 1. The highest BCUT2D eigenvalue weighted by molar-refractivity contribution is 5.77. The van der Waals surface area contributed by atoms with Crippen molar-refractivity contribution in [3.05, 3.63) is 0 Å². The SMILES string of the molecule is CCCCCCCCCCCCCC(=O)NC1C(O)CC(OC)(C(=O)O)OC1[C@H](O)[C@H](O)CO. The van der Waals surface area contributed by atoms with Crippen LogP contribution in [0.15, 0.2) is 0 Å². The predicted molar refractivity (Wildman–Crippen MR) is 125 cm³/mol. The fraction of sp³-hybridized carbons (Fsp3) is 0.917. The number of carbonyl (C=O) groups is 2. The molecule has 1 fully saturated rings. The zero-order valence-corrected chi connectivity index (χ0v) is 20.7. The zero-order valence-electron chi connectivity index (χ0n) is 20.7. The molecule has 1 aliphatic heterocycles. The molecule has 0 aliphatic carbocycles. The van der Waals surface area contributed by atoms with Gasteiger partial charge in [0, 0.05) is 20.0 Å². The Hall–Kier alpha value is -1.30. The van der Waals surface area contributed by atoms with Crippen LogP contribution in [0.5, 0.6) is 0 Å². The van der Waals surface area contributed by atoms with E-state index >= 15 is 0 Å². The van der Waals surface area contributed by atoms with Gasteiger partial charge in [-0.15, -0.1) is 0 Å². The number of unbranched alkanes of at least 4 members (excludes halogenated alkanes) is 10. The Morgan fingerprint density at radius 3 is 2.03 bits per heavy atom. The largest absolute Gasteiger partial charge is 0.477 e. The summed E-state index contributed by atoms with van der Waals surface area (Å²) >= 11 is 0. The number of aliphatic hydroxyl groups excluding tert-OH is 4. The van der Waals surface area contributed by atoms with Crippen LogP contribution in [0.1, 0.15) is 90.4 Å². The van der Waals surface area contributed by atoms with E-state index in [9.17, 15) is 35.1 Å². The summed E-state index contributed by atoms with van der Waals surface area (Å²) < 4.78 is 10.4. The third kappa shape index (κ3) is 9.75. The van der Waals surface area contributed by atoms with E-state index in [1.165, 1.54) is 44.9 Å². The number of amides is 1. The van der Waals surface area contributed by atoms with E-state index in [4.69, 9.17) is 9.47 Å². The molecule has 0 aromatic rings. The van der Waals surface area contributed by atoms with Crippen molar-refractivity contribution in [3.8, 4) is 0 Å². The Balaban J connectivity index is 2.50. The fourth-order valence-corrected chi connectivity index (χ4v) is 4.31. The van der Waals surface area contributed by atoms with Gasteiger partial charge in [0.15, 0.2) is 0 Å². The van der Waals surface area contributed by atoms with Gasteiger partial charge in [-0.2, -0.15) is 0 Å². The maximum absolute atomic E-state index is 12.5. The molecule has 0 radical (unpaired) electrons. The lowest BCUT2D eigenvalue weighted by Crippen LogP contribution is -2.67. The first-order chi connectivity index (χ1) is 16.2. The van der Waals surface area contributed by atoms with Crippen molar-refractivity contribution < 1.29 is 44.6 Å². The molecule has 1 amide bonds. The van der Waals surface area contributed by atoms with E-state index in [-0.39, 0.29) is 12.3 Å². The molecule has 0 bridgehead atoms. The van der Waals surface area contributed by atoms with Crippen LogP contribution >= 0.6 is 0 Å². The van der Waals surface area contributed by atoms with E-state index in [1.54, 1.807) is 0 Å². The maximum atomic E-state index is 12.5. The molecule has 200 valence electrons. The van der Waals surface area contributed by atoms with Gasteiger partial charge in [0.1, 0.15) is 18.3 Å². The average Bonchev–Trinajstić information content (AvgIpc) is 2.82. The minimum atomic E-state index is -2.25.